The van der Waals surface area contributed by atoms with Crippen molar-refractivity contribution in [3.05, 3.63) is 52.5 Å². The zero-order valence-electron chi connectivity index (χ0n) is 15.8. The smallest absolute Gasteiger partial charge is 0.310 e. The molecule has 0 amide bonds. The zero-order chi connectivity index (χ0) is 19.3. The third kappa shape index (κ3) is 3.72. The minimum atomic E-state index is -0.363. The Morgan fingerprint density at radius 3 is 2.58 bits per heavy atom. The standard InChI is InChI=1S/C21H25NO4/c1-6-8-14(3)20-17(13-19(23)26-5)16-10-9-15(25-4)12-18(16)21(24)22(20)11-7-2/h7,9-12H,3,6,8,13H2,1-2,4-5H3. The molecule has 2 rings (SSSR count). The van der Waals surface area contributed by atoms with Crippen LogP contribution in [-0.2, 0) is 16.0 Å². The molecule has 1 heterocycles. The number of pyridine rings is 1. The molecule has 0 saturated carbocycles. The summed E-state index contributed by atoms with van der Waals surface area (Å²) in [4.78, 5) is 25.2. The summed E-state index contributed by atoms with van der Waals surface area (Å²) in [6.07, 6.45) is 5.18. The van der Waals surface area contributed by atoms with E-state index in [1.165, 1.54) is 7.11 Å². The van der Waals surface area contributed by atoms with Gasteiger partial charge in [0.05, 0.1) is 31.7 Å². The van der Waals surface area contributed by atoms with Gasteiger partial charge in [-0.25, -0.2) is 0 Å². The normalized spacial score (nSPS) is 11.1. The molecular weight excluding hydrogens is 330 g/mol. The highest BCUT2D eigenvalue weighted by Gasteiger charge is 2.20. The maximum atomic E-state index is 13.1. The predicted octanol–water partition coefficient (Wildman–Crippen LogP) is 4.03. The Morgan fingerprint density at radius 2 is 2.00 bits per heavy atom. The number of hydrogen-bond donors (Lipinski definition) is 0. The van der Waals surface area contributed by atoms with Gasteiger partial charge in [-0.05, 0) is 42.0 Å². The molecule has 5 heteroatoms. The van der Waals surface area contributed by atoms with E-state index in [0.717, 1.165) is 24.0 Å². The summed E-state index contributed by atoms with van der Waals surface area (Å²) < 4.78 is 11.7. The maximum absolute atomic E-state index is 13.1. The van der Waals surface area contributed by atoms with Crippen LogP contribution in [0.4, 0.5) is 0 Å². The molecule has 5 nitrogen and oxygen atoms in total. The minimum absolute atomic E-state index is 0.0647. The Balaban J connectivity index is 2.96. The van der Waals surface area contributed by atoms with E-state index in [9.17, 15) is 9.59 Å². The van der Waals surface area contributed by atoms with Crippen LogP contribution in [-0.4, -0.2) is 24.8 Å². The van der Waals surface area contributed by atoms with Gasteiger partial charge in [-0.2, -0.15) is 0 Å². The first-order valence-corrected chi connectivity index (χ1v) is 8.61. The van der Waals surface area contributed by atoms with Gasteiger partial charge < -0.3 is 9.47 Å². The summed E-state index contributed by atoms with van der Waals surface area (Å²) in [7, 11) is 2.91. The lowest BCUT2D eigenvalue weighted by atomic mass is 9.95. The monoisotopic (exact) mass is 355 g/mol. The van der Waals surface area contributed by atoms with Crippen LogP contribution in [0, 0.1) is 0 Å². The number of benzene rings is 1. The average Bonchev–Trinajstić information content (AvgIpc) is 2.65. The van der Waals surface area contributed by atoms with Crippen LogP contribution in [0.15, 0.2) is 35.6 Å². The zero-order valence-corrected chi connectivity index (χ0v) is 15.8. The summed E-state index contributed by atoms with van der Waals surface area (Å²) >= 11 is 0. The van der Waals surface area contributed by atoms with Gasteiger partial charge in [-0.3, -0.25) is 14.2 Å². The average molecular weight is 355 g/mol. The van der Waals surface area contributed by atoms with Crippen molar-refractivity contribution in [1.29, 1.82) is 0 Å². The molecule has 2 aromatic rings. The van der Waals surface area contributed by atoms with E-state index >= 15 is 0 Å². The van der Waals surface area contributed by atoms with Crippen LogP contribution in [0.5, 0.6) is 5.75 Å². The Morgan fingerprint density at radius 1 is 1.27 bits per heavy atom. The molecule has 0 spiro atoms. The Hall–Kier alpha value is -2.82. The van der Waals surface area contributed by atoms with Gasteiger partial charge in [0.2, 0.25) is 0 Å². The lowest BCUT2D eigenvalue weighted by Crippen LogP contribution is -2.23. The number of carbonyl (C=O) groups is 1. The van der Waals surface area contributed by atoms with Gasteiger partial charge >= 0.3 is 5.97 Å². The molecule has 0 aliphatic rings. The molecular formula is C21H25NO4. The number of nitrogens with zero attached hydrogens (tertiary/aromatic N) is 1. The number of carbonyl (C=O) groups excluding carboxylic acids is 1. The van der Waals surface area contributed by atoms with E-state index in [1.807, 2.05) is 13.0 Å². The number of fused-ring (bicyclic) bond motifs is 1. The summed E-state index contributed by atoms with van der Waals surface area (Å²) in [6, 6.07) is 5.30. The van der Waals surface area contributed by atoms with Crippen molar-refractivity contribution in [2.75, 3.05) is 14.2 Å². The molecule has 0 unspecified atom stereocenters. The summed E-state index contributed by atoms with van der Waals surface area (Å²) in [5, 5.41) is 1.21. The van der Waals surface area contributed by atoms with Gasteiger partial charge in [0.15, 0.2) is 0 Å². The quantitative estimate of drug-likeness (QED) is 0.704. The van der Waals surface area contributed by atoms with E-state index in [4.69, 9.17) is 9.47 Å². The van der Waals surface area contributed by atoms with Crippen molar-refractivity contribution >= 4 is 28.5 Å². The first-order valence-electron chi connectivity index (χ1n) is 8.61. The second-order valence-corrected chi connectivity index (χ2v) is 6.00. The number of methoxy groups -OCH3 is 2. The molecule has 1 aromatic carbocycles. The maximum Gasteiger partial charge on any atom is 0.310 e. The summed E-state index contributed by atoms with van der Waals surface area (Å²) in [5.74, 6) is 0.226. The van der Waals surface area contributed by atoms with E-state index in [-0.39, 0.29) is 17.9 Å². The lowest BCUT2D eigenvalue weighted by molar-refractivity contribution is -0.139. The number of rotatable bonds is 7. The number of hydrogen-bond acceptors (Lipinski definition) is 4. The topological polar surface area (TPSA) is 57.5 Å². The molecule has 0 aliphatic carbocycles. The molecule has 0 aliphatic heterocycles. The Bertz CT molecular complexity index is 922. The Labute approximate surface area is 153 Å². The van der Waals surface area contributed by atoms with Crippen molar-refractivity contribution in [3.63, 3.8) is 0 Å². The molecule has 0 fully saturated rings. The summed E-state index contributed by atoms with van der Waals surface area (Å²) in [5.41, 5.74) is 2.07. The highest BCUT2D eigenvalue weighted by Crippen LogP contribution is 2.30. The third-order valence-corrected chi connectivity index (χ3v) is 4.26. The highest BCUT2D eigenvalue weighted by molar-refractivity contribution is 5.93. The number of allylic oxidation sites excluding steroid dienone is 2. The second kappa shape index (κ2) is 8.52. The molecule has 0 saturated heterocycles. The fraction of sp³-hybridized carbons (Fsp3) is 0.333. The molecule has 0 bridgehead atoms. The first kappa shape index (κ1) is 19.5. The predicted molar refractivity (Wildman–Crippen MR) is 105 cm³/mol. The van der Waals surface area contributed by atoms with E-state index < -0.39 is 0 Å². The van der Waals surface area contributed by atoms with Crippen LogP contribution in [0.1, 0.15) is 37.9 Å². The van der Waals surface area contributed by atoms with Crippen molar-refractivity contribution < 1.29 is 14.3 Å². The Kier molecular flexibility index (Phi) is 6.39. The molecule has 0 N–H and O–H groups in total. The SMILES string of the molecule is C=C(CCC)c1c(CC(=O)OC)c2ccc(OC)cc2c(=O)n1C=CC. The fourth-order valence-corrected chi connectivity index (χ4v) is 3.09. The molecule has 0 atom stereocenters. The van der Waals surface area contributed by atoms with Crippen molar-refractivity contribution in [3.8, 4) is 5.75 Å². The van der Waals surface area contributed by atoms with Crippen LogP contribution < -0.4 is 10.3 Å². The van der Waals surface area contributed by atoms with E-state index in [1.54, 1.807) is 36.1 Å². The number of esters is 1. The molecule has 0 radical (unpaired) electrons. The number of ether oxygens (including phenoxy) is 2. The van der Waals surface area contributed by atoms with E-state index in [2.05, 4.69) is 13.5 Å². The summed E-state index contributed by atoms with van der Waals surface area (Å²) in [6.45, 7) is 8.06. The van der Waals surface area contributed by atoms with Crippen LogP contribution in [0.3, 0.4) is 0 Å². The largest absolute Gasteiger partial charge is 0.497 e. The van der Waals surface area contributed by atoms with Gasteiger partial charge in [0.1, 0.15) is 5.75 Å². The minimum Gasteiger partial charge on any atom is -0.497 e. The first-order chi connectivity index (χ1) is 12.5. The van der Waals surface area contributed by atoms with Gasteiger partial charge in [0, 0.05) is 6.20 Å². The van der Waals surface area contributed by atoms with Crippen molar-refractivity contribution in [1.82, 2.24) is 4.57 Å². The van der Waals surface area contributed by atoms with Gasteiger partial charge in [-0.1, -0.05) is 32.1 Å². The molecule has 138 valence electrons. The number of aromatic nitrogens is 1. The second-order valence-electron chi connectivity index (χ2n) is 6.00. The fourth-order valence-electron chi connectivity index (χ4n) is 3.09. The van der Waals surface area contributed by atoms with Crippen LogP contribution >= 0.6 is 0 Å². The van der Waals surface area contributed by atoms with Crippen LogP contribution in [0.25, 0.3) is 22.5 Å². The molecule has 26 heavy (non-hydrogen) atoms. The van der Waals surface area contributed by atoms with Gasteiger partial charge in [0.25, 0.3) is 5.56 Å². The van der Waals surface area contributed by atoms with Gasteiger partial charge in [-0.15, -0.1) is 0 Å². The van der Waals surface area contributed by atoms with Crippen molar-refractivity contribution in [2.45, 2.75) is 33.1 Å². The van der Waals surface area contributed by atoms with E-state index in [0.29, 0.717) is 22.2 Å². The highest BCUT2D eigenvalue weighted by atomic mass is 16.5. The van der Waals surface area contributed by atoms with Crippen LogP contribution in [0.2, 0.25) is 0 Å². The van der Waals surface area contributed by atoms with Crippen molar-refractivity contribution in [2.24, 2.45) is 0 Å². The lowest BCUT2D eigenvalue weighted by Gasteiger charge is -2.19. The third-order valence-electron chi connectivity index (χ3n) is 4.26. The molecule has 1 aromatic heterocycles.